The molecule has 2 nitrogen and oxygen atoms in total. The molecule has 272 valence electrons. The summed E-state index contributed by atoms with van der Waals surface area (Å²) in [5, 5.41) is 8.94. The van der Waals surface area contributed by atoms with E-state index in [0.717, 1.165) is 5.52 Å². The minimum atomic E-state index is 1.02. The van der Waals surface area contributed by atoms with Crippen LogP contribution in [-0.2, 0) is 0 Å². The summed E-state index contributed by atoms with van der Waals surface area (Å²) in [7, 11) is 0. The fourth-order valence-corrected chi connectivity index (χ4v) is 7.01. The molecular weight excluding hydrogens is 665 g/mol. The molecule has 2 heterocycles. The van der Waals surface area contributed by atoms with Crippen LogP contribution in [0.1, 0.15) is 50.8 Å². The van der Waals surface area contributed by atoms with E-state index in [1.807, 2.05) is 56.7 Å². The van der Waals surface area contributed by atoms with Crippen LogP contribution in [0.2, 0.25) is 0 Å². The standard InChI is InChI=1S/C36H22N2.C10H12.C4H8.C3H8/c1-3-29(31-4-2-20-38-34(31)5-1)30-15-11-27-12-16-32-28(14-10-26-13-17-33(30)36(27)35(26)32)25-8-6-23(7-9-25)24-18-21-37-22-19-24;1-4-10-7-5-6-8(2)9(10)3;1-3-4-2;1-3-2/h1-22H;4-7H,1H2,2-3H3;3-4H,1-2H3;3H2,1-2H3/b;;4-3-;. The second kappa shape index (κ2) is 18.1. The molecule has 0 spiro atoms. The van der Waals surface area contributed by atoms with Crippen molar-refractivity contribution in [2.24, 2.45) is 0 Å². The minimum absolute atomic E-state index is 1.02. The van der Waals surface area contributed by atoms with E-state index in [9.17, 15) is 0 Å². The van der Waals surface area contributed by atoms with Crippen molar-refractivity contribution in [3.05, 3.63) is 187 Å². The van der Waals surface area contributed by atoms with Crippen LogP contribution in [-0.4, -0.2) is 9.97 Å². The van der Waals surface area contributed by atoms with E-state index in [-0.39, 0.29) is 0 Å². The Balaban J connectivity index is 0.000000254. The second-order valence-electron chi connectivity index (χ2n) is 13.7. The average Bonchev–Trinajstić information content (AvgIpc) is 3.24. The predicted octanol–water partition coefficient (Wildman–Crippen LogP) is 15.5. The summed E-state index contributed by atoms with van der Waals surface area (Å²) >= 11 is 0. The summed E-state index contributed by atoms with van der Waals surface area (Å²) in [6, 6.07) is 48.0. The summed E-state index contributed by atoms with van der Waals surface area (Å²) in [6.07, 6.45) is 12.7. The third kappa shape index (κ3) is 8.25. The van der Waals surface area contributed by atoms with Crippen LogP contribution >= 0.6 is 0 Å². The van der Waals surface area contributed by atoms with Crippen LogP contribution in [0.15, 0.2) is 171 Å². The average molecular weight is 715 g/mol. The fourth-order valence-electron chi connectivity index (χ4n) is 7.01. The molecule has 0 radical (unpaired) electrons. The molecule has 0 saturated heterocycles. The van der Waals surface area contributed by atoms with Gasteiger partial charge in [-0.1, -0.05) is 154 Å². The van der Waals surface area contributed by atoms with Gasteiger partial charge in [-0.2, -0.15) is 0 Å². The van der Waals surface area contributed by atoms with E-state index in [4.69, 9.17) is 0 Å². The summed E-state index contributed by atoms with van der Waals surface area (Å²) < 4.78 is 0. The molecular formula is C53H50N2. The Morgan fingerprint density at radius 2 is 1.05 bits per heavy atom. The van der Waals surface area contributed by atoms with Crippen molar-refractivity contribution >= 4 is 49.3 Å². The summed E-state index contributed by atoms with van der Waals surface area (Å²) in [5.41, 5.74) is 12.2. The zero-order valence-electron chi connectivity index (χ0n) is 33.0. The minimum Gasteiger partial charge on any atom is -0.265 e. The van der Waals surface area contributed by atoms with Gasteiger partial charge in [0.1, 0.15) is 0 Å². The van der Waals surface area contributed by atoms with Gasteiger partial charge in [0.05, 0.1) is 5.52 Å². The lowest BCUT2D eigenvalue weighted by Gasteiger charge is -2.17. The summed E-state index contributed by atoms with van der Waals surface area (Å²) in [4.78, 5) is 8.74. The largest absolute Gasteiger partial charge is 0.265 e. The quantitative estimate of drug-likeness (QED) is 0.134. The number of hydrogen-bond donors (Lipinski definition) is 0. The van der Waals surface area contributed by atoms with Crippen molar-refractivity contribution in [2.45, 2.75) is 48.0 Å². The number of hydrogen-bond acceptors (Lipinski definition) is 2. The first kappa shape index (κ1) is 38.3. The first-order valence-electron chi connectivity index (χ1n) is 19.2. The highest BCUT2D eigenvalue weighted by molar-refractivity contribution is 6.28. The molecule has 7 aromatic carbocycles. The molecule has 0 amide bonds. The molecule has 0 saturated carbocycles. The maximum atomic E-state index is 4.60. The molecule has 0 N–H and O–H groups in total. The van der Waals surface area contributed by atoms with Gasteiger partial charge < -0.3 is 0 Å². The molecule has 0 aliphatic carbocycles. The number of fused-ring (bicyclic) bond motifs is 1. The van der Waals surface area contributed by atoms with Crippen LogP contribution in [0.25, 0.3) is 82.7 Å². The molecule has 0 fully saturated rings. The van der Waals surface area contributed by atoms with Gasteiger partial charge in [0.25, 0.3) is 0 Å². The van der Waals surface area contributed by atoms with Gasteiger partial charge in [-0.25, -0.2) is 0 Å². The van der Waals surface area contributed by atoms with Crippen LogP contribution in [0.5, 0.6) is 0 Å². The van der Waals surface area contributed by atoms with E-state index in [0.29, 0.717) is 0 Å². The number of allylic oxidation sites excluding steroid dienone is 2. The van der Waals surface area contributed by atoms with E-state index < -0.39 is 0 Å². The Morgan fingerprint density at radius 3 is 1.67 bits per heavy atom. The molecule has 0 bridgehead atoms. The lowest BCUT2D eigenvalue weighted by molar-refractivity contribution is 1.09. The van der Waals surface area contributed by atoms with E-state index >= 15 is 0 Å². The first-order chi connectivity index (χ1) is 26.9. The van der Waals surface area contributed by atoms with Crippen LogP contribution in [0.4, 0.5) is 0 Å². The van der Waals surface area contributed by atoms with Crippen LogP contribution < -0.4 is 0 Å². The molecule has 0 aliphatic heterocycles. The Labute approximate surface area is 326 Å². The lowest BCUT2D eigenvalue weighted by atomic mass is 9.86. The van der Waals surface area contributed by atoms with Gasteiger partial charge in [0, 0.05) is 24.0 Å². The SMILES string of the molecule is C/C=C\C.C=Cc1cccc(C)c1C.CCC.c1cc(-c2ccc3ccc4c(-c5ccc(-c6ccncc6)cc5)ccc5ccc2c3c54)c2cccnc2c1. The second-order valence-corrected chi connectivity index (χ2v) is 13.7. The molecule has 2 heteroatoms. The van der Waals surface area contributed by atoms with E-state index in [1.165, 1.54) is 94.2 Å². The number of aromatic nitrogens is 2. The first-order valence-corrected chi connectivity index (χ1v) is 19.2. The van der Waals surface area contributed by atoms with Crippen molar-refractivity contribution < 1.29 is 0 Å². The maximum Gasteiger partial charge on any atom is 0.0708 e. The van der Waals surface area contributed by atoms with Gasteiger partial charge in [-0.3, -0.25) is 9.97 Å². The van der Waals surface area contributed by atoms with Gasteiger partial charge in [-0.15, -0.1) is 0 Å². The molecule has 2 aromatic heterocycles. The Kier molecular flexibility index (Phi) is 12.6. The maximum absolute atomic E-state index is 4.60. The molecule has 0 atom stereocenters. The van der Waals surface area contributed by atoms with Crippen molar-refractivity contribution in [1.82, 2.24) is 9.97 Å². The highest BCUT2D eigenvalue weighted by Crippen LogP contribution is 2.43. The van der Waals surface area contributed by atoms with Gasteiger partial charge >= 0.3 is 0 Å². The van der Waals surface area contributed by atoms with Crippen molar-refractivity contribution in [3.63, 3.8) is 0 Å². The number of aryl methyl sites for hydroxylation is 1. The number of benzene rings is 7. The fraction of sp³-hybridized carbons (Fsp3) is 0.132. The monoisotopic (exact) mass is 714 g/mol. The van der Waals surface area contributed by atoms with Gasteiger partial charge in [-0.05, 0) is 134 Å². The van der Waals surface area contributed by atoms with Crippen LogP contribution in [0.3, 0.4) is 0 Å². The number of pyridine rings is 2. The third-order valence-electron chi connectivity index (χ3n) is 10.0. The predicted molar refractivity (Wildman–Crippen MR) is 242 cm³/mol. The summed E-state index contributed by atoms with van der Waals surface area (Å²) in [6.45, 7) is 16.2. The molecule has 55 heavy (non-hydrogen) atoms. The van der Waals surface area contributed by atoms with Crippen molar-refractivity contribution in [1.29, 1.82) is 0 Å². The normalized spacial score (nSPS) is 10.8. The summed E-state index contributed by atoms with van der Waals surface area (Å²) in [5.74, 6) is 0. The molecule has 9 rings (SSSR count). The Morgan fingerprint density at radius 1 is 0.509 bits per heavy atom. The van der Waals surface area contributed by atoms with Crippen molar-refractivity contribution in [3.8, 4) is 33.4 Å². The van der Waals surface area contributed by atoms with Gasteiger partial charge in [0.15, 0.2) is 0 Å². The Bertz CT molecular complexity index is 2680. The molecule has 0 aliphatic rings. The van der Waals surface area contributed by atoms with E-state index in [2.05, 4.69) is 172 Å². The van der Waals surface area contributed by atoms with Crippen molar-refractivity contribution in [2.75, 3.05) is 0 Å². The third-order valence-corrected chi connectivity index (χ3v) is 10.0. The zero-order valence-corrected chi connectivity index (χ0v) is 33.0. The van der Waals surface area contributed by atoms with Gasteiger partial charge in [0.2, 0.25) is 0 Å². The highest BCUT2D eigenvalue weighted by atomic mass is 14.6. The topological polar surface area (TPSA) is 25.8 Å². The zero-order chi connectivity index (χ0) is 38.7. The van der Waals surface area contributed by atoms with E-state index in [1.54, 1.807) is 0 Å². The number of rotatable bonds is 4. The lowest BCUT2D eigenvalue weighted by Crippen LogP contribution is -1.90. The van der Waals surface area contributed by atoms with Crippen LogP contribution in [0, 0.1) is 13.8 Å². The smallest absolute Gasteiger partial charge is 0.0708 e. The Hall–Kier alpha value is -6.38. The molecule has 9 aromatic rings. The number of nitrogens with zero attached hydrogens (tertiary/aromatic N) is 2. The highest BCUT2D eigenvalue weighted by Gasteiger charge is 2.16. The molecule has 0 unspecified atom stereocenters.